The van der Waals surface area contributed by atoms with E-state index in [0.717, 1.165) is 24.8 Å². The van der Waals surface area contributed by atoms with Crippen molar-refractivity contribution >= 4 is 17.7 Å². The molecule has 0 unspecified atom stereocenters. The van der Waals surface area contributed by atoms with Gasteiger partial charge in [0.15, 0.2) is 12.4 Å². The van der Waals surface area contributed by atoms with Crippen LogP contribution in [-0.2, 0) is 14.3 Å². The van der Waals surface area contributed by atoms with Crippen LogP contribution < -0.4 is 5.32 Å². The molecule has 1 aromatic rings. The summed E-state index contributed by atoms with van der Waals surface area (Å²) in [5.41, 5.74) is 1.66. The lowest BCUT2D eigenvalue weighted by Gasteiger charge is -2.29. The molecule has 5 nitrogen and oxygen atoms in total. The number of ether oxygens (including phenoxy) is 1. The lowest BCUT2D eigenvalue weighted by Crippen LogP contribution is -2.42. The molecule has 1 amide bonds. The Balaban J connectivity index is 1.67. The van der Waals surface area contributed by atoms with E-state index >= 15 is 0 Å². The van der Waals surface area contributed by atoms with Crippen molar-refractivity contribution < 1.29 is 19.1 Å². The lowest BCUT2D eigenvalue weighted by molar-refractivity contribution is -0.148. The van der Waals surface area contributed by atoms with Crippen molar-refractivity contribution in [2.24, 2.45) is 5.92 Å². The van der Waals surface area contributed by atoms with E-state index in [1.165, 1.54) is 6.42 Å². The van der Waals surface area contributed by atoms with Crippen LogP contribution in [0.5, 0.6) is 0 Å². The van der Waals surface area contributed by atoms with E-state index in [1.807, 2.05) is 19.1 Å². The van der Waals surface area contributed by atoms with Gasteiger partial charge >= 0.3 is 5.97 Å². The van der Waals surface area contributed by atoms with E-state index in [0.29, 0.717) is 11.5 Å². The Hall–Kier alpha value is -2.17. The van der Waals surface area contributed by atoms with Crippen LogP contribution in [0.15, 0.2) is 24.3 Å². The number of hydrogen-bond donors (Lipinski definition) is 1. The van der Waals surface area contributed by atoms with Gasteiger partial charge in [0.1, 0.15) is 0 Å². The highest BCUT2D eigenvalue weighted by Crippen LogP contribution is 2.23. The van der Waals surface area contributed by atoms with Crippen molar-refractivity contribution in [2.45, 2.75) is 58.4 Å². The highest BCUT2D eigenvalue weighted by molar-refractivity contribution is 5.97. The Morgan fingerprint density at radius 3 is 2.44 bits per heavy atom. The first-order chi connectivity index (χ1) is 12.0. The van der Waals surface area contributed by atoms with E-state index in [-0.39, 0.29) is 37.2 Å². The summed E-state index contributed by atoms with van der Waals surface area (Å²) in [6.45, 7) is 3.80. The summed E-state index contributed by atoms with van der Waals surface area (Å²) in [7, 11) is 0. The Bertz CT molecular complexity index is 609. The Morgan fingerprint density at radius 1 is 1.08 bits per heavy atom. The van der Waals surface area contributed by atoms with Gasteiger partial charge in [-0.1, -0.05) is 49.6 Å². The van der Waals surface area contributed by atoms with E-state index < -0.39 is 5.97 Å². The maximum atomic E-state index is 12.0. The lowest BCUT2D eigenvalue weighted by atomic mass is 9.86. The van der Waals surface area contributed by atoms with Gasteiger partial charge in [-0.3, -0.25) is 14.4 Å². The zero-order valence-corrected chi connectivity index (χ0v) is 15.0. The van der Waals surface area contributed by atoms with Gasteiger partial charge < -0.3 is 10.1 Å². The quantitative estimate of drug-likeness (QED) is 0.608. The smallest absolute Gasteiger partial charge is 0.306 e. The molecule has 0 heterocycles. The van der Waals surface area contributed by atoms with Gasteiger partial charge in [0.2, 0.25) is 0 Å². The van der Waals surface area contributed by atoms with E-state index in [1.54, 1.807) is 12.1 Å². The van der Waals surface area contributed by atoms with E-state index in [9.17, 15) is 14.4 Å². The summed E-state index contributed by atoms with van der Waals surface area (Å²) in [5.74, 6) is -0.428. The first-order valence-corrected chi connectivity index (χ1v) is 9.00. The highest BCUT2D eigenvalue weighted by atomic mass is 16.5. The van der Waals surface area contributed by atoms with Crippen LogP contribution in [-0.4, -0.2) is 30.3 Å². The van der Waals surface area contributed by atoms with Gasteiger partial charge in [-0.2, -0.15) is 0 Å². The van der Waals surface area contributed by atoms with Crippen molar-refractivity contribution in [3.8, 4) is 0 Å². The summed E-state index contributed by atoms with van der Waals surface area (Å²) >= 11 is 0. The molecule has 1 aromatic carbocycles. The molecule has 2 atom stereocenters. The summed E-state index contributed by atoms with van der Waals surface area (Å²) < 4.78 is 4.98. The van der Waals surface area contributed by atoms with E-state index in [2.05, 4.69) is 12.2 Å². The third-order valence-corrected chi connectivity index (χ3v) is 4.75. The molecule has 1 N–H and O–H groups in total. The van der Waals surface area contributed by atoms with Crippen LogP contribution in [0.2, 0.25) is 0 Å². The number of nitrogens with one attached hydrogen (secondary N) is 1. The van der Waals surface area contributed by atoms with Crippen molar-refractivity contribution in [1.29, 1.82) is 0 Å². The Kier molecular flexibility index (Phi) is 7.16. The van der Waals surface area contributed by atoms with Crippen molar-refractivity contribution in [2.75, 3.05) is 6.61 Å². The first kappa shape index (κ1) is 19.2. The minimum absolute atomic E-state index is 0.0141. The van der Waals surface area contributed by atoms with Crippen LogP contribution in [0.25, 0.3) is 0 Å². The largest absolute Gasteiger partial charge is 0.456 e. The average Bonchev–Trinajstić information content (AvgIpc) is 2.60. The van der Waals surface area contributed by atoms with Gasteiger partial charge in [0.25, 0.3) is 5.91 Å². The van der Waals surface area contributed by atoms with Gasteiger partial charge in [0, 0.05) is 18.0 Å². The fourth-order valence-corrected chi connectivity index (χ4v) is 3.10. The predicted molar refractivity (Wildman–Crippen MR) is 95.3 cm³/mol. The summed E-state index contributed by atoms with van der Waals surface area (Å²) in [6.07, 6.45) is 4.49. The van der Waals surface area contributed by atoms with Crippen LogP contribution in [0.3, 0.4) is 0 Å². The number of amides is 1. The molecule has 1 aliphatic rings. The second-order valence-electron chi connectivity index (χ2n) is 6.89. The molecule has 25 heavy (non-hydrogen) atoms. The average molecular weight is 345 g/mol. The Morgan fingerprint density at radius 2 is 1.76 bits per heavy atom. The fourth-order valence-electron chi connectivity index (χ4n) is 3.10. The maximum absolute atomic E-state index is 12.0. The molecule has 1 saturated carbocycles. The molecule has 1 aliphatic carbocycles. The first-order valence-electron chi connectivity index (χ1n) is 9.00. The monoisotopic (exact) mass is 345 g/mol. The summed E-state index contributed by atoms with van der Waals surface area (Å²) in [6, 6.07) is 7.40. The second-order valence-corrected chi connectivity index (χ2v) is 6.89. The number of benzene rings is 1. The zero-order chi connectivity index (χ0) is 18.2. The van der Waals surface area contributed by atoms with Gasteiger partial charge in [-0.25, -0.2) is 0 Å². The molecular formula is C20H27NO4. The van der Waals surface area contributed by atoms with Crippen LogP contribution in [0.1, 0.15) is 61.4 Å². The molecule has 0 aliphatic heterocycles. The molecule has 0 spiro atoms. The standard InChI is InChI=1S/C20H27NO4/c1-14-7-9-16(10-8-14)18(22)11-12-20(24)25-13-19(23)21-17-6-4-3-5-15(17)2/h7-10,15,17H,3-6,11-13H2,1-2H3,(H,21,23)/t15-,17-/m1/s1. The molecule has 0 saturated heterocycles. The second kappa shape index (κ2) is 9.35. The number of hydrogen-bond acceptors (Lipinski definition) is 4. The fraction of sp³-hybridized carbons (Fsp3) is 0.550. The minimum Gasteiger partial charge on any atom is -0.456 e. The number of carbonyl (C=O) groups is 3. The van der Waals surface area contributed by atoms with E-state index in [4.69, 9.17) is 4.74 Å². The molecule has 0 radical (unpaired) electrons. The van der Waals surface area contributed by atoms with Crippen LogP contribution in [0.4, 0.5) is 0 Å². The summed E-state index contributed by atoms with van der Waals surface area (Å²) in [5, 5.41) is 2.94. The third kappa shape index (κ3) is 6.33. The number of aryl methyl sites for hydroxylation is 1. The number of esters is 1. The van der Waals surface area contributed by atoms with Crippen LogP contribution >= 0.6 is 0 Å². The molecule has 0 bridgehead atoms. The topological polar surface area (TPSA) is 72.5 Å². The predicted octanol–water partition coefficient (Wildman–Crippen LogP) is 3.20. The number of rotatable bonds is 7. The summed E-state index contributed by atoms with van der Waals surface area (Å²) in [4.78, 5) is 35.6. The molecule has 5 heteroatoms. The minimum atomic E-state index is -0.521. The number of Topliss-reactive ketones (excluding diaryl/α,β-unsaturated/α-hetero) is 1. The van der Waals surface area contributed by atoms with Gasteiger partial charge in [-0.05, 0) is 25.7 Å². The molecule has 0 aromatic heterocycles. The number of ketones is 1. The van der Waals surface area contributed by atoms with Crippen molar-refractivity contribution in [3.63, 3.8) is 0 Å². The Labute approximate surface area is 149 Å². The molecular weight excluding hydrogens is 318 g/mol. The highest BCUT2D eigenvalue weighted by Gasteiger charge is 2.23. The van der Waals surface area contributed by atoms with Crippen molar-refractivity contribution in [3.05, 3.63) is 35.4 Å². The SMILES string of the molecule is Cc1ccc(C(=O)CCC(=O)OCC(=O)N[C@@H]2CCCC[C@H]2C)cc1. The third-order valence-electron chi connectivity index (χ3n) is 4.75. The van der Waals surface area contributed by atoms with Crippen molar-refractivity contribution in [1.82, 2.24) is 5.32 Å². The normalized spacial score (nSPS) is 19.9. The van der Waals surface area contributed by atoms with Gasteiger partial charge in [0.05, 0.1) is 6.42 Å². The number of carbonyl (C=O) groups excluding carboxylic acids is 3. The zero-order valence-electron chi connectivity index (χ0n) is 15.0. The molecule has 1 fully saturated rings. The molecule has 136 valence electrons. The van der Waals surface area contributed by atoms with Gasteiger partial charge in [-0.15, -0.1) is 0 Å². The molecule has 2 rings (SSSR count). The van der Waals surface area contributed by atoms with Crippen LogP contribution in [0, 0.1) is 12.8 Å². The maximum Gasteiger partial charge on any atom is 0.306 e.